The van der Waals surface area contributed by atoms with Crippen molar-refractivity contribution in [1.82, 2.24) is 15.4 Å². The molecule has 1 aromatic carbocycles. The number of amides is 1. The zero-order chi connectivity index (χ0) is 17.8. The Balaban J connectivity index is 1.80. The first-order valence-corrected chi connectivity index (χ1v) is 8.51. The van der Waals surface area contributed by atoms with Gasteiger partial charge in [-0.25, -0.2) is 10.4 Å². The Morgan fingerprint density at radius 3 is 2.64 bits per heavy atom. The van der Waals surface area contributed by atoms with E-state index in [1.54, 1.807) is 18.2 Å². The maximum absolute atomic E-state index is 12.2. The highest BCUT2D eigenvalue weighted by atomic mass is 16.1. The number of nitrogens with zero attached hydrogens (tertiary/aromatic N) is 2. The largest absolute Gasteiger partial charge is 0.383 e. The molecule has 0 bridgehead atoms. The van der Waals surface area contributed by atoms with E-state index in [0.29, 0.717) is 23.2 Å². The van der Waals surface area contributed by atoms with Gasteiger partial charge in [-0.15, -0.1) is 0 Å². The fraction of sp³-hybridized carbons (Fsp3) is 0.263. The van der Waals surface area contributed by atoms with Crippen LogP contribution in [0.15, 0.2) is 48.5 Å². The fourth-order valence-electron chi connectivity index (χ4n) is 2.83. The standard InChI is InChI=1S/C19H23N5O/c1-3-14-12-16(24(4-2)23-14)15-10-11-17(21-18(15)20)22-19(25)13-8-6-5-7-9-13/h5-12,14,23H,3-4H2,1-2H3,(H3,20,21,22,25). The zero-order valence-electron chi connectivity index (χ0n) is 14.5. The van der Waals surface area contributed by atoms with E-state index in [1.165, 1.54) is 0 Å². The third kappa shape index (κ3) is 3.64. The van der Waals surface area contributed by atoms with Crippen molar-refractivity contribution in [1.29, 1.82) is 0 Å². The highest BCUT2D eigenvalue weighted by Gasteiger charge is 2.23. The molecular formula is C19H23N5O. The van der Waals surface area contributed by atoms with Crippen molar-refractivity contribution in [3.63, 3.8) is 0 Å². The lowest BCUT2D eigenvalue weighted by molar-refractivity contribution is 0.102. The van der Waals surface area contributed by atoms with Crippen molar-refractivity contribution in [2.45, 2.75) is 26.3 Å². The van der Waals surface area contributed by atoms with Crippen molar-refractivity contribution in [2.75, 3.05) is 17.6 Å². The third-order valence-corrected chi connectivity index (χ3v) is 4.21. The van der Waals surface area contributed by atoms with Crippen molar-refractivity contribution in [3.05, 3.63) is 59.7 Å². The Hall–Kier alpha value is -2.86. The number of anilines is 2. The van der Waals surface area contributed by atoms with Crippen LogP contribution in [-0.4, -0.2) is 28.5 Å². The summed E-state index contributed by atoms with van der Waals surface area (Å²) in [6, 6.07) is 13.0. The summed E-state index contributed by atoms with van der Waals surface area (Å²) in [7, 11) is 0. The number of nitrogens with two attached hydrogens (primary N) is 1. The number of aromatic nitrogens is 1. The minimum Gasteiger partial charge on any atom is -0.383 e. The molecule has 0 fully saturated rings. The molecule has 0 radical (unpaired) electrons. The summed E-state index contributed by atoms with van der Waals surface area (Å²) < 4.78 is 0. The Labute approximate surface area is 147 Å². The highest BCUT2D eigenvalue weighted by Crippen LogP contribution is 2.28. The number of carbonyl (C=O) groups excluding carboxylic acids is 1. The molecule has 6 heteroatoms. The molecule has 0 saturated heterocycles. The molecule has 6 nitrogen and oxygen atoms in total. The normalized spacial score (nSPS) is 16.6. The molecule has 4 N–H and O–H groups in total. The lowest BCUT2D eigenvalue weighted by Gasteiger charge is -2.22. The summed E-state index contributed by atoms with van der Waals surface area (Å²) in [4.78, 5) is 16.6. The van der Waals surface area contributed by atoms with Gasteiger partial charge in [-0.2, -0.15) is 0 Å². The van der Waals surface area contributed by atoms with Gasteiger partial charge in [0, 0.05) is 23.7 Å². The van der Waals surface area contributed by atoms with Crippen LogP contribution in [0, 0.1) is 0 Å². The van der Waals surface area contributed by atoms with Gasteiger partial charge >= 0.3 is 0 Å². The molecule has 1 aromatic heterocycles. The van der Waals surface area contributed by atoms with Crippen LogP contribution in [0.5, 0.6) is 0 Å². The Bertz CT molecular complexity index is 788. The summed E-state index contributed by atoms with van der Waals surface area (Å²) >= 11 is 0. The number of benzene rings is 1. The van der Waals surface area contributed by atoms with Gasteiger partial charge in [-0.3, -0.25) is 4.79 Å². The summed E-state index contributed by atoms with van der Waals surface area (Å²) in [5.41, 5.74) is 12.1. The van der Waals surface area contributed by atoms with Gasteiger partial charge in [0.25, 0.3) is 5.91 Å². The quantitative estimate of drug-likeness (QED) is 0.781. The Morgan fingerprint density at radius 1 is 1.24 bits per heavy atom. The minimum atomic E-state index is -0.205. The van der Waals surface area contributed by atoms with E-state index in [9.17, 15) is 4.79 Å². The van der Waals surface area contributed by atoms with Gasteiger partial charge in [0.15, 0.2) is 0 Å². The smallest absolute Gasteiger partial charge is 0.256 e. The van der Waals surface area contributed by atoms with Crippen LogP contribution in [0.2, 0.25) is 0 Å². The minimum absolute atomic E-state index is 0.205. The van der Waals surface area contributed by atoms with Crippen LogP contribution < -0.4 is 16.5 Å². The van der Waals surface area contributed by atoms with Crippen molar-refractivity contribution < 1.29 is 4.79 Å². The number of pyridine rings is 1. The van der Waals surface area contributed by atoms with Crippen LogP contribution in [0.1, 0.15) is 36.2 Å². The number of carbonyl (C=O) groups is 1. The van der Waals surface area contributed by atoms with Gasteiger partial charge in [0.1, 0.15) is 11.6 Å². The molecule has 1 atom stereocenters. The van der Waals surface area contributed by atoms with Crippen molar-refractivity contribution >= 4 is 23.2 Å². The molecular weight excluding hydrogens is 314 g/mol. The SMILES string of the molecule is CCC1C=C(c2ccc(NC(=O)c3ccccc3)nc2N)N(CC)N1. The zero-order valence-corrected chi connectivity index (χ0v) is 14.5. The number of hydrogen-bond donors (Lipinski definition) is 3. The van der Waals surface area contributed by atoms with E-state index < -0.39 is 0 Å². The van der Waals surface area contributed by atoms with Crippen LogP contribution in [-0.2, 0) is 0 Å². The molecule has 3 rings (SSSR count). The average molecular weight is 337 g/mol. The van der Waals surface area contributed by atoms with E-state index in [1.807, 2.05) is 24.3 Å². The number of nitrogen functional groups attached to an aromatic ring is 1. The molecule has 130 valence electrons. The molecule has 0 saturated carbocycles. The monoisotopic (exact) mass is 337 g/mol. The number of nitrogens with one attached hydrogen (secondary N) is 2. The second kappa shape index (κ2) is 7.36. The summed E-state index contributed by atoms with van der Waals surface area (Å²) in [6.07, 6.45) is 3.16. The van der Waals surface area contributed by atoms with Crippen LogP contribution in [0.25, 0.3) is 5.70 Å². The van der Waals surface area contributed by atoms with Gasteiger partial charge in [-0.05, 0) is 43.7 Å². The first-order chi connectivity index (χ1) is 12.1. The fourth-order valence-corrected chi connectivity index (χ4v) is 2.83. The predicted octanol–water partition coefficient (Wildman–Crippen LogP) is 2.88. The van der Waals surface area contributed by atoms with Crippen LogP contribution in [0.4, 0.5) is 11.6 Å². The molecule has 1 amide bonds. The van der Waals surface area contributed by atoms with Crippen molar-refractivity contribution in [2.24, 2.45) is 0 Å². The second-order valence-corrected chi connectivity index (χ2v) is 5.89. The molecule has 0 spiro atoms. The first-order valence-electron chi connectivity index (χ1n) is 8.51. The molecule has 0 aliphatic carbocycles. The van der Waals surface area contributed by atoms with Crippen LogP contribution in [0.3, 0.4) is 0 Å². The third-order valence-electron chi connectivity index (χ3n) is 4.21. The van der Waals surface area contributed by atoms with Crippen LogP contribution >= 0.6 is 0 Å². The van der Waals surface area contributed by atoms with Gasteiger partial charge < -0.3 is 16.1 Å². The number of hydrazine groups is 1. The molecule has 2 aromatic rings. The molecule has 25 heavy (non-hydrogen) atoms. The maximum Gasteiger partial charge on any atom is 0.256 e. The van der Waals surface area contributed by atoms with E-state index >= 15 is 0 Å². The van der Waals surface area contributed by atoms with Crippen molar-refractivity contribution in [3.8, 4) is 0 Å². The molecule has 2 heterocycles. The second-order valence-electron chi connectivity index (χ2n) is 5.89. The van der Waals surface area contributed by atoms with Gasteiger partial charge in [-0.1, -0.05) is 25.1 Å². The number of hydrogen-bond acceptors (Lipinski definition) is 5. The Morgan fingerprint density at radius 2 is 2.00 bits per heavy atom. The molecule has 1 aliphatic rings. The predicted molar refractivity (Wildman–Crippen MR) is 101 cm³/mol. The van der Waals surface area contributed by atoms with Gasteiger partial charge in [0.2, 0.25) is 0 Å². The lowest BCUT2D eigenvalue weighted by Crippen LogP contribution is -2.36. The summed E-state index contributed by atoms with van der Waals surface area (Å²) in [6.45, 7) is 5.04. The van der Waals surface area contributed by atoms with E-state index in [0.717, 1.165) is 24.2 Å². The molecule has 1 unspecified atom stereocenters. The van der Waals surface area contributed by atoms with E-state index in [4.69, 9.17) is 5.73 Å². The molecule has 1 aliphatic heterocycles. The van der Waals surface area contributed by atoms with Gasteiger partial charge in [0.05, 0.1) is 5.70 Å². The first kappa shape index (κ1) is 17.0. The summed E-state index contributed by atoms with van der Waals surface area (Å²) in [5, 5.41) is 4.86. The lowest BCUT2D eigenvalue weighted by atomic mass is 10.1. The maximum atomic E-state index is 12.2. The van der Waals surface area contributed by atoms with E-state index in [-0.39, 0.29) is 5.91 Å². The summed E-state index contributed by atoms with van der Waals surface area (Å²) in [5.74, 6) is 0.633. The highest BCUT2D eigenvalue weighted by molar-refractivity contribution is 6.03. The number of rotatable bonds is 5. The van der Waals surface area contributed by atoms with E-state index in [2.05, 4.69) is 40.7 Å². The topological polar surface area (TPSA) is 83.3 Å². The Kier molecular flexibility index (Phi) is 5.00. The average Bonchev–Trinajstić information content (AvgIpc) is 3.06.